The number of nitrogen functional groups attached to an aromatic ring is 1. The molecule has 1 aromatic carbocycles. The van der Waals surface area contributed by atoms with Gasteiger partial charge < -0.3 is 16.0 Å². The highest BCUT2D eigenvalue weighted by molar-refractivity contribution is 5.75. The van der Waals surface area contributed by atoms with E-state index >= 15 is 0 Å². The Hall–Kier alpha value is -1.71. The van der Waals surface area contributed by atoms with Crippen LogP contribution in [0.3, 0.4) is 0 Å². The summed E-state index contributed by atoms with van der Waals surface area (Å²) in [5, 5.41) is 3.06. The first-order valence-corrected chi connectivity index (χ1v) is 6.64. The van der Waals surface area contributed by atoms with Gasteiger partial charge in [0.05, 0.1) is 0 Å². The SMILES string of the molecule is Nc1ccccc1CN(C(=O)NC1CC1)C1CC1. The lowest BCUT2D eigenvalue weighted by Gasteiger charge is -2.23. The number of benzene rings is 1. The summed E-state index contributed by atoms with van der Waals surface area (Å²) in [5.74, 6) is 0. The van der Waals surface area contributed by atoms with Crippen molar-refractivity contribution in [1.29, 1.82) is 0 Å². The Morgan fingerprint density at radius 3 is 2.61 bits per heavy atom. The fraction of sp³-hybridized carbons (Fsp3) is 0.500. The second kappa shape index (κ2) is 4.52. The molecule has 2 aliphatic carbocycles. The van der Waals surface area contributed by atoms with Crippen LogP contribution in [-0.4, -0.2) is 23.0 Å². The summed E-state index contributed by atoms with van der Waals surface area (Å²) in [6, 6.07) is 8.66. The molecule has 0 aromatic heterocycles. The van der Waals surface area contributed by atoms with Gasteiger partial charge in [-0.25, -0.2) is 4.79 Å². The molecule has 96 valence electrons. The van der Waals surface area contributed by atoms with Crippen molar-refractivity contribution in [3.05, 3.63) is 29.8 Å². The maximum atomic E-state index is 12.2. The van der Waals surface area contributed by atoms with E-state index in [9.17, 15) is 4.79 Å². The minimum Gasteiger partial charge on any atom is -0.398 e. The average Bonchev–Trinajstić information content (AvgIpc) is 3.21. The lowest BCUT2D eigenvalue weighted by Crippen LogP contribution is -2.41. The van der Waals surface area contributed by atoms with Crippen molar-refractivity contribution >= 4 is 11.7 Å². The van der Waals surface area contributed by atoms with E-state index in [1.807, 2.05) is 29.2 Å². The van der Waals surface area contributed by atoms with Gasteiger partial charge in [0.2, 0.25) is 0 Å². The fourth-order valence-electron chi connectivity index (χ4n) is 2.10. The summed E-state index contributed by atoms with van der Waals surface area (Å²) in [6.07, 6.45) is 4.48. The number of nitrogens with zero attached hydrogens (tertiary/aromatic N) is 1. The molecule has 0 atom stereocenters. The number of nitrogens with one attached hydrogen (secondary N) is 1. The molecule has 4 heteroatoms. The van der Waals surface area contributed by atoms with Gasteiger partial charge in [-0.3, -0.25) is 0 Å². The first-order valence-electron chi connectivity index (χ1n) is 6.64. The molecular formula is C14H19N3O. The number of amides is 2. The van der Waals surface area contributed by atoms with Crippen LogP contribution in [-0.2, 0) is 6.54 Å². The molecule has 0 heterocycles. The molecule has 2 fully saturated rings. The summed E-state index contributed by atoms with van der Waals surface area (Å²) in [7, 11) is 0. The molecule has 2 amide bonds. The highest BCUT2D eigenvalue weighted by Crippen LogP contribution is 2.30. The molecule has 4 nitrogen and oxygen atoms in total. The monoisotopic (exact) mass is 245 g/mol. The molecular weight excluding hydrogens is 226 g/mol. The van der Waals surface area contributed by atoms with Gasteiger partial charge in [-0.2, -0.15) is 0 Å². The normalized spacial score (nSPS) is 18.4. The van der Waals surface area contributed by atoms with Crippen LogP contribution in [0.2, 0.25) is 0 Å². The van der Waals surface area contributed by atoms with Crippen molar-refractivity contribution in [2.75, 3.05) is 5.73 Å². The van der Waals surface area contributed by atoms with Gasteiger partial charge in [0.25, 0.3) is 0 Å². The average molecular weight is 245 g/mol. The lowest BCUT2D eigenvalue weighted by molar-refractivity contribution is 0.191. The van der Waals surface area contributed by atoms with E-state index < -0.39 is 0 Å². The summed E-state index contributed by atoms with van der Waals surface area (Å²) in [4.78, 5) is 14.1. The number of hydrogen-bond donors (Lipinski definition) is 2. The Morgan fingerprint density at radius 1 is 1.28 bits per heavy atom. The van der Waals surface area contributed by atoms with Gasteiger partial charge in [-0.05, 0) is 37.3 Å². The number of urea groups is 1. The molecule has 0 spiro atoms. The molecule has 3 rings (SSSR count). The Balaban J connectivity index is 1.69. The first kappa shape index (κ1) is 11.4. The number of para-hydroxylation sites is 1. The van der Waals surface area contributed by atoms with Gasteiger partial charge in [0.1, 0.15) is 0 Å². The van der Waals surface area contributed by atoms with E-state index in [1.54, 1.807) is 0 Å². The van der Waals surface area contributed by atoms with Crippen molar-refractivity contribution in [3.8, 4) is 0 Å². The van der Waals surface area contributed by atoms with E-state index in [1.165, 1.54) is 0 Å². The third-order valence-corrected chi connectivity index (χ3v) is 3.55. The largest absolute Gasteiger partial charge is 0.398 e. The molecule has 0 bridgehead atoms. The number of rotatable bonds is 4. The molecule has 2 saturated carbocycles. The van der Waals surface area contributed by atoms with Gasteiger partial charge in [0.15, 0.2) is 0 Å². The lowest BCUT2D eigenvalue weighted by atomic mass is 10.1. The third kappa shape index (κ3) is 2.58. The number of anilines is 1. The maximum Gasteiger partial charge on any atom is 0.318 e. The standard InChI is InChI=1S/C14H19N3O/c15-13-4-2-1-3-10(13)9-17(12-7-8-12)14(18)16-11-5-6-11/h1-4,11-12H,5-9,15H2,(H,16,18). The molecule has 0 saturated heterocycles. The van der Waals surface area contributed by atoms with E-state index in [-0.39, 0.29) is 6.03 Å². The Bertz CT molecular complexity index is 452. The van der Waals surface area contributed by atoms with Crippen LogP contribution in [0.15, 0.2) is 24.3 Å². The number of carbonyl (C=O) groups excluding carboxylic acids is 1. The van der Waals surface area contributed by atoms with E-state index in [2.05, 4.69) is 5.32 Å². The fourth-order valence-corrected chi connectivity index (χ4v) is 2.10. The number of carbonyl (C=O) groups is 1. The highest BCUT2D eigenvalue weighted by Gasteiger charge is 2.35. The quantitative estimate of drug-likeness (QED) is 0.798. The van der Waals surface area contributed by atoms with Crippen molar-refractivity contribution in [2.24, 2.45) is 0 Å². The number of nitrogens with two attached hydrogens (primary N) is 1. The van der Waals surface area contributed by atoms with E-state index in [0.29, 0.717) is 18.6 Å². The van der Waals surface area contributed by atoms with E-state index in [0.717, 1.165) is 36.9 Å². The summed E-state index contributed by atoms with van der Waals surface area (Å²) in [5.41, 5.74) is 7.75. The van der Waals surface area contributed by atoms with Crippen LogP contribution in [0.25, 0.3) is 0 Å². The van der Waals surface area contributed by atoms with Crippen LogP contribution in [0, 0.1) is 0 Å². The Morgan fingerprint density at radius 2 is 2.00 bits per heavy atom. The highest BCUT2D eigenvalue weighted by atomic mass is 16.2. The molecule has 0 unspecified atom stereocenters. The number of hydrogen-bond acceptors (Lipinski definition) is 2. The van der Waals surface area contributed by atoms with Crippen LogP contribution < -0.4 is 11.1 Å². The second-order valence-electron chi connectivity index (χ2n) is 5.28. The maximum absolute atomic E-state index is 12.2. The van der Waals surface area contributed by atoms with Gasteiger partial charge in [0, 0.05) is 24.3 Å². The second-order valence-corrected chi connectivity index (χ2v) is 5.28. The van der Waals surface area contributed by atoms with E-state index in [4.69, 9.17) is 5.73 Å². The minimum absolute atomic E-state index is 0.0725. The smallest absolute Gasteiger partial charge is 0.318 e. The Labute approximate surface area is 107 Å². The van der Waals surface area contributed by atoms with Crippen LogP contribution in [0.5, 0.6) is 0 Å². The van der Waals surface area contributed by atoms with Crippen LogP contribution >= 0.6 is 0 Å². The van der Waals surface area contributed by atoms with Crippen molar-refractivity contribution in [2.45, 2.75) is 44.3 Å². The molecule has 2 aliphatic rings. The Kier molecular flexibility index (Phi) is 2.86. The minimum atomic E-state index is 0.0725. The molecule has 1 aromatic rings. The van der Waals surface area contributed by atoms with Crippen molar-refractivity contribution < 1.29 is 4.79 Å². The molecule has 18 heavy (non-hydrogen) atoms. The van der Waals surface area contributed by atoms with Crippen molar-refractivity contribution in [1.82, 2.24) is 10.2 Å². The zero-order chi connectivity index (χ0) is 12.5. The predicted octanol–water partition coefficient (Wildman–Crippen LogP) is 2.11. The summed E-state index contributed by atoms with van der Waals surface area (Å²) >= 11 is 0. The zero-order valence-electron chi connectivity index (χ0n) is 10.4. The summed E-state index contributed by atoms with van der Waals surface area (Å²) in [6.45, 7) is 0.621. The topological polar surface area (TPSA) is 58.4 Å². The molecule has 0 radical (unpaired) electrons. The molecule has 0 aliphatic heterocycles. The first-order chi connectivity index (χ1) is 8.74. The van der Waals surface area contributed by atoms with Gasteiger partial charge in [-0.1, -0.05) is 18.2 Å². The van der Waals surface area contributed by atoms with Crippen LogP contribution in [0.4, 0.5) is 10.5 Å². The van der Waals surface area contributed by atoms with Crippen LogP contribution in [0.1, 0.15) is 31.2 Å². The van der Waals surface area contributed by atoms with Gasteiger partial charge >= 0.3 is 6.03 Å². The summed E-state index contributed by atoms with van der Waals surface area (Å²) < 4.78 is 0. The van der Waals surface area contributed by atoms with Gasteiger partial charge in [-0.15, -0.1) is 0 Å². The third-order valence-electron chi connectivity index (χ3n) is 3.55. The molecule has 3 N–H and O–H groups in total. The van der Waals surface area contributed by atoms with Crippen molar-refractivity contribution in [3.63, 3.8) is 0 Å². The zero-order valence-corrected chi connectivity index (χ0v) is 10.4. The predicted molar refractivity (Wildman–Crippen MR) is 71.0 cm³/mol.